The molecule has 0 spiro atoms. The van der Waals surface area contributed by atoms with Gasteiger partial charge in [0.15, 0.2) is 0 Å². The van der Waals surface area contributed by atoms with Crippen molar-refractivity contribution in [3.63, 3.8) is 0 Å². The van der Waals surface area contributed by atoms with Gasteiger partial charge >= 0.3 is 0 Å². The van der Waals surface area contributed by atoms with E-state index in [2.05, 4.69) is 156 Å². The van der Waals surface area contributed by atoms with Gasteiger partial charge in [0.25, 0.3) is 0 Å². The summed E-state index contributed by atoms with van der Waals surface area (Å²) in [4.78, 5) is 17.5. The minimum Gasteiger partial charge on any atom is -0.358 e. The minimum atomic E-state index is -0.0307. The third-order valence-electron chi connectivity index (χ3n) is 11.5. The number of hydrogen-bond donors (Lipinski definition) is 1. The van der Waals surface area contributed by atoms with Crippen molar-refractivity contribution in [2.45, 2.75) is 155 Å². The van der Waals surface area contributed by atoms with E-state index in [1.165, 1.54) is 63.3 Å². The Morgan fingerprint density at radius 3 is 1.73 bits per heavy atom. The lowest BCUT2D eigenvalue weighted by Crippen LogP contribution is -2.30. The fourth-order valence-electron chi connectivity index (χ4n) is 8.39. The lowest BCUT2D eigenvalue weighted by molar-refractivity contribution is 0.355. The summed E-state index contributed by atoms with van der Waals surface area (Å²) in [5.41, 5.74) is 7.16. The molecule has 0 aliphatic heterocycles. The second kappa shape index (κ2) is 12.8. The zero-order valence-electron chi connectivity index (χ0n) is 33.8. The molecule has 0 amide bonds. The van der Waals surface area contributed by atoms with Crippen molar-refractivity contribution in [1.29, 1.82) is 0 Å². The highest BCUT2D eigenvalue weighted by Crippen LogP contribution is 2.52. The quantitative estimate of drug-likeness (QED) is 0.153. The summed E-state index contributed by atoms with van der Waals surface area (Å²) in [6, 6.07) is 15.5. The van der Waals surface area contributed by atoms with Crippen LogP contribution in [0.5, 0.6) is 0 Å². The van der Waals surface area contributed by atoms with Gasteiger partial charge in [-0.1, -0.05) is 121 Å². The minimum absolute atomic E-state index is 0.00133. The Morgan fingerprint density at radius 1 is 0.529 bits per heavy atom. The zero-order chi connectivity index (χ0) is 37.4. The number of fused-ring (bicyclic) bond motifs is 3. The van der Waals surface area contributed by atoms with E-state index in [9.17, 15) is 0 Å². The summed E-state index contributed by atoms with van der Waals surface area (Å²) in [7, 11) is 0. The Labute approximate surface area is 315 Å². The van der Waals surface area contributed by atoms with Gasteiger partial charge in [-0.3, -0.25) is 4.98 Å². The van der Waals surface area contributed by atoms with Crippen molar-refractivity contribution in [2.75, 3.05) is 0 Å². The standard InChI is InChI=1S/C46H61N3S2/c1-41(2,3)35-30-21-27-47-28-33(30)50-38(35)45(11,12)25-23-44(9,10)36-31-19-17-26-48-40(31)51-39(36)46(13,14)24-22-43(7,8)34-29-18-15-16-20-32(29)49-37(34)42(4,5)6/h15-21,26-28,49H,22-25H2,1-14H3. The number of rotatable bonds is 10. The van der Waals surface area contributed by atoms with Gasteiger partial charge in [-0.2, -0.15) is 0 Å². The van der Waals surface area contributed by atoms with E-state index < -0.39 is 0 Å². The smallest absolute Gasteiger partial charge is 0.123 e. The zero-order valence-corrected chi connectivity index (χ0v) is 35.4. The summed E-state index contributed by atoms with van der Waals surface area (Å²) in [6.45, 7) is 33.9. The van der Waals surface area contributed by atoms with Crippen molar-refractivity contribution < 1.29 is 0 Å². The van der Waals surface area contributed by atoms with E-state index in [0.29, 0.717) is 0 Å². The molecule has 51 heavy (non-hydrogen) atoms. The molecule has 6 aromatic rings. The summed E-state index contributed by atoms with van der Waals surface area (Å²) >= 11 is 3.89. The Bertz CT molecular complexity index is 2190. The summed E-state index contributed by atoms with van der Waals surface area (Å²) < 4.78 is 1.30. The topological polar surface area (TPSA) is 41.6 Å². The molecule has 0 saturated heterocycles. The van der Waals surface area contributed by atoms with Crippen LogP contribution in [0.3, 0.4) is 0 Å². The summed E-state index contributed by atoms with van der Waals surface area (Å²) in [5.74, 6) is 0. The molecule has 0 aliphatic rings. The number of nitrogens with zero attached hydrogens (tertiary/aromatic N) is 2. The van der Waals surface area contributed by atoms with E-state index in [0.717, 1.165) is 25.7 Å². The number of aromatic nitrogens is 3. The molecule has 0 radical (unpaired) electrons. The van der Waals surface area contributed by atoms with Gasteiger partial charge in [-0.05, 0) is 93.0 Å². The average molecular weight is 720 g/mol. The number of nitrogens with one attached hydrogen (secondary N) is 1. The van der Waals surface area contributed by atoms with Crippen LogP contribution >= 0.6 is 22.7 Å². The summed E-state index contributed by atoms with van der Waals surface area (Å²) in [5, 5.41) is 4.07. The van der Waals surface area contributed by atoms with Gasteiger partial charge < -0.3 is 4.98 Å². The molecule has 0 bridgehead atoms. The number of para-hydroxylation sites is 1. The molecule has 0 saturated carbocycles. The predicted molar refractivity (Wildman–Crippen MR) is 226 cm³/mol. The van der Waals surface area contributed by atoms with Crippen LogP contribution in [0, 0.1) is 0 Å². The third-order valence-corrected chi connectivity index (χ3v) is 14.5. The average Bonchev–Trinajstić information content (AvgIpc) is 3.76. The molecular weight excluding hydrogens is 659 g/mol. The fraction of sp³-hybridized carbons (Fsp3) is 0.522. The lowest BCUT2D eigenvalue weighted by Gasteiger charge is -2.37. The number of aromatic amines is 1. The van der Waals surface area contributed by atoms with Crippen LogP contribution in [0.15, 0.2) is 61.1 Å². The van der Waals surface area contributed by atoms with Crippen LogP contribution in [-0.2, 0) is 32.5 Å². The highest BCUT2D eigenvalue weighted by atomic mass is 32.1. The molecule has 1 N–H and O–H groups in total. The van der Waals surface area contributed by atoms with Crippen LogP contribution < -0.4 is 0 Å². The van der Waals surface area contributed by atoms with Gasteiger partial charge in [-0.15, -0.1) is 22.7 Å². The van der Waals surface area contributed by atoms with Crippen molar-refractivity contribution >= 4 is 53.9 Å². The van der Waals surface area contributed by atoms with E-state index >= 15 is 0 Å². The molecule has 272 valence electrons. The maximum absolute atomic E-state index is 4.94. The van der Waals surface area contributed by atoms with Crippen LogP contribution in [0.2, 0.25) is 0 Å². The van der Waals surface area contributed by atoms with E-state index in [4.69, 9.17) is 4.98 Å². The van der Waals surface area contributed by atoms with Crippen LogP contribution in [-0.4, -0.2) is 15.0 Å². The SMILES string of the molecule is CC(C)(C)c1[nH]c2ccccc2c1C(C)(C)CCC(C)(C)c1sc2ncccc2c1C(C)(C)CCC(C)(C)c1sc2cnccc2c1C(C)(C)C. The molecule has 1 aromatic carbocycles. The molecular formula is C46H61N3S2. The fourth-order valence-corrected chi connectivity index (χ4v) is 11.4. The van der Waals surface area contributed by atoms with E-state index in [1.807, 2.05) is 35.1 Å². The van der Waals surface area contributed by atoms with Gasteiger partial charge in [0.05, 0.1) is 4.70 Å². The lowest BCUT2D eigenvalue weighted by atomic mass is 9.68. The van der Waals surface area contributed by atoms with Crippen LogP contribution in [0.4, 0.5) is 0 Å². The largest absolute Gasteiger partial charge is 0.358 e. The van der Waals surface area contributed by atoms with Gasteiger partial charge in [-0.25, -0.2) is 4.98 Å². The highest BCUT2D eigenvalue weighted by Gasteiger charge is 2.40. The molecule has 3 nitrogen and oxygen atoms in total. The maximum Gasteiger partial charge on any atom is 0.123 e. The van der Waals surface area contributed by atoms with E-state index in [1.54, 1.807) is 0 Å². The third kappa shape index (κ3) is 7.07. The molecule has 5 aromatic heterocycles. The van der Waals surface area contributed by atoms with Gasteiger partial charge in [0.1, 0.15) is 4.83 Å². The van der Waals surface area contributed by atoms with Crippen LogP contribution in [0.1, 0.15) is 155 Å². The van der Waals surface area contributed by atoms with Gasteiger partial charge in [0.2, 0.25) is 0 Å². The Hall–Kier alpha value is -3.02. The van der Waals surface area contributed by atoms with Crippen molar-refractivity contribution in [3.8, 4) is 0 Å². The number of benzene rings is 1. The first-order valence-electron chi connectivity index (χ1n) is 18.9. The maximum atomic E-state index is 4.94. The molecule has 6 rings (SSSR count). The Morgan fingerprint density at radius 2 is 1.10 bits per heavy atom. The normalized spacial score (nSPS) is 14.0. The molecule has 0 aliphatic carbocycles. The van der Waals surface area contributed by atoms with Crippen molar-refractivity contribution in [3.05, 3.63) is 93.2 Å². The molecule has 0 atom stereocenters. The van der Waals surface area contributed by atoms with E-state index in [-0.39, 0.29) is 32.5 Å². The Balaban J connectivity index is 1.34. The second-order valence-corrected chi connectivity index (χ2v) is 21.8. The first-order valence-corrected chi connectivity index (χ1v) is 20.6. The number of H-pyrrole nitrogens is 1. The molecule has 0 fully saturated rings. The van der Waals surface area contributed by atoms with Crippen LogP contribution in [0.25, 0.3) is 31.2 Å². The monoisotopic (exact) mass is 719 g/mol. The predicted octanol–water partition coefficient (Wildman–Crippen LogP) is 14.1. The second-order valence-electron chi connectivity index (χ2n) is 19.8. The van der Waals surface area contributed by atoms with Crippen molar-refractivity contribution in [1.82, 2.24) is 15.0 Å². The number of thiophene rings is 2. The summed E-state index contributed by atoms with van der Waals surface area (Å²) in [6.07, 6.45) is 10.4. The first-order chi connectivity index (χ1) is 23.5. The number of hydrogen-bond acceptors (Lipinski definition) is 4. The molecule has 5 heterocycles. The highest BCUT2D eigenvalue weighted by molar-refractivity contribution is 7.19. The molecule has 5 heteroatoms. The van der Waals surface area contributed by atoms with Gasteiger partial charge in [0, 0.05) is 55.7 Å². The van der Waals surface area contributed by atoms with Crippen molar-refractivity contribution in [2.24, 2.45) is 0 Å². The molecule has 0 unspecified atom stereocenters. The first kappa shape index (κ1) is 37.7. The Kier molecular flexibility index (Phi) is 9.49. The number of pyridine rings is 2.